The Morgan fingerprint density at radius 1 is 1.25 bits per heavy atom. The smallest absolute Gasteiger partial charge is 0.318 e. The Bertz CT molecular complexity index is 246. The van der Waals surface area contributed by atoms with E-state index in [1.807, 2.05) is 27.7 Å². The fourth-order valence-electron chi connectivity index (χ4n) is 1.17. The highest BCUT2D eigenvalue weighted by Crippen LogP contribution is 2.01. The number of amides is 3. The first-order valence-electron chi connectivity index (χ1n) is 5.57. The van der Waals surface area contributed by atoms with Crippen molar-refractivity contribution in [3.8, 4) is 0 Å². The van der Waals surface area contributed by atoms with Gasteiger partial charge in [0.15, 0.2) is 0 Å². The van der Waals surface area contributed by atoms with Crippen molar-refractivity contribution in [1.82, 2.24) is 15.5 Å². The van der Waals surface area contributed by atoms with E-state index < -0.39 is 0 Å². The van der Waals surface area contributed by atoms with Crippen LogP contribution in [0, 0.1) is 0 Å². The second-order valence-corrected chi connectivity index (χ2v) is 4.77. The molecule has 0 aromatic heterocycles. The topological polar surface area (TPSA) is 61.4 Å². The molecule has 0 aliphatic heterocycles. The molecule has 0 saturated carbocycles. The highest BCUT2D eigenvalue weighted by molar-refractivity contribution is 5.84. The SMILES string of the molecule is CCCN(CC(=O)NC)C(=O)NC(C)(C)C. The molecule has 0 aliphatic rings. The summed E-state index contributed by atoms with van der Waals surface area (Å²) < 4.78 is 0. The lowest BCUT2D eigenvalue weighted by molar-refractivity contribution is -0.121. The average Bonchev–Trinajstić information content (AvgIpc) is 2.14. The third kappa shape index (κ3) is 6.27. The van der Waals surface area contributed by atoms with Gasteiger partial charge in [-0.25, -0.2) is 4.79 Å². The zero-order valence-corrected chi connectivity index (χ0v) is 10.9. The van der Waals surface area contributed by atoms with Crippen molar-refractivity contribution in [1.29, 1.82) is 0 Å². The van der Waals surface area contributed by atoms with Gasteiger partial charge in [-0.2, -0.15) is 0 Å². The van der Waals surface area contributed by atoms with Gasteiger partial charge in [0.05, 0.1) is 0 Å². The van der Waals surface area contributed by atoms with Crippen molar-refractivity contribution in [2.24, 2.45) is 0 Å². The van der Waals surface area contributed by atoms with Gasteiger partial charge in [0.2, 0.25) is 5.91 Å². The van der Waals surface area contributed by atoms with Crippen LogP contribution in [0.2, 0.25) is 0 Å². The fourth-order valence-corrected chi connectivity index (χ4v) is 1.17. The van der Waals surface area contributed by atoms with E-state index in [0.717, 1.165) is 6.42 Å². The van der Waals surface area contributed by atoms with Gasteiger partial charge in [0, 0.05) is 19.1 Å². The molecule has 0 heterocycles. The number of carbonyl (C=O) groups excluding carboxylic acids is 2. The molecule has 2 N–H and O–H groups in total. The maximum absolute atomic E-state index is 11.8. The second kappa shape index (κ2) is 6.35. The number of rotatable bonds is 4. The Balaban J connectivity index is 4.40. The van der Waals surface area contributed by atoms with Crippen molar-refractivity contribution in [2.45, 2.75) is 39.7 Å². The van der Waals surface area contributed by atoms with E-state index in [2.05, 4.69) is 10.6 Å². The Labute approximate surface area is 97.6 Å². The van der Waals surface area contributed by atoms with Crippen LogP contribution in [0.1, 0.15) is 34.1 Å². The average molecular weight is 229 g/mol. The third-order valence-electron chi connectivity index (χ3n) is 1.88. The molecule has 0 radical (unpaired) electrons. The summed E-state index contributed by atoms with van der Waals surface area (Å²) in [6.07, 6.45) is 0.828. The summed E-state index contributed by atoms with van der Waals surface area (Å²) >= 11 is 0. The number of nitrogens with zero attached hydrogens (tertiary/aromatic N) is 1. The molecule has 0 rings (SSSR count). The molecule has 3 amide bonds. The number of nitrogens with one attached hydrogen (secondary N) is 2. The number of likely N-dealkylation sites (N-methyl/N-ethyl adjacent to an activating group) is 1. The van der Waals surface area contributed by atoms with Crippen molar-refractivity contribution < 1.29 is 9.59 Å². The quantitative estimate of drug-likeness (QED) is 0.754. The minimum atomic E-state index is -0.286. The van der Waals surface area contributed by atoms with E-state index in [9.17, 15) is 9.59 Å². The maximum atomic E-state index is 11.8. The molecule has 16 heavy (non-hydrogen) atoms. The molecule has 0 spiro atoms. The standard InChI is InChI=1S/C11H23N3O2/c1-6-7-14(8-9(15)12-5)10(16)13-11(2,3)4/h6-8H2,1-5H3,(H,12,15)(H,13,16). The predicted octanol–water partition coefficient (Wildman–Crippen LogP) is 0.952. The summed E-state index contributed by atoms with van der Waals surface area (Å²) in [4.78, 5) is 24.6. The molecule has 0 unspecified atom stereocenters. The summed E-state index contributed by atoms with van der Waals surface area (Å²) in [5.74, 6) is -0.155. The van der Waals surface area contributed by atoms with Crippen molar-refractivity contribution in [3.05, 3.63) is 0 Å². The van der Waals surface area contributed by atoms with Gasteiger partial charge in [-0.1, -0.05) is 6.92 Å². The number of hydrogen-bond acceptors (Lipinski definition) is 2. The van der Waals surface area contributed by atoms with Gasteiger partial charge in [0.25, 0.3) is 0 Å². The Morgan fingerprint density at radius 3 is 2.19 bits per heavy atom. The van der Waals surface area contributed by atoms with Crippen LogP contribution in [0.15, 0.2) is 0 Å². The summed E-state index contributed by atoms with van der Waals surface area (Å²) in [5.41, 5.74) is -0.286. The molecular weight excluding hydrogens is 206 g/mol. The van der Waals surface area contributed by atoms with Gasteiger partial charge in [-0.15, -0.1) is 0 Å². The predicted molar refractivity (Wildman–Crippen MR) is 64.2 cm³/mol. The molecule has 0 saturated heterocycles. The van der Waals surface area contributed by atoms with E-state index in [-0.39, 0.29) is 24.0 Å². The fraction of sp³-hybridized carbons (Fsp3) is 0.818. The maximum Gasteiger partial charge on any atom is 0.318 e. The van der Waals surface area contributed by atoms with Gasteiger partial charge >= 0.3 is 6.03 Å². The van der Waals surface area contributed by atoms with Crippen molar-refractivity contribution in [3.63, 3.8) is 0 Å². The lowest BCUT2D eigenvalue weighted by Gasteiger charge is -2.27. The van der Waals surface area contributed by atoms with Crippen LogP contribution < -0.4 is 10.6 Å². The monoisotopic (exact) mass is 229 g/mol. The largest absolute Gasteiger partial charge is 0.358 e. The first kappa shape index (κ1) is 14.7. The van der Waals surface area contributed by atoms with Gasteiger partial charge in [-0.05, 0) is 27.2 Å². The third-order valence-corrected chi connectivity index (χ3v) is 1.88. The van der Waals surface area contributed by atoms with Crippen LogP contribution in [0.3, 0.4) is 0 Å². The van der Waals surface area contributed by atoms with Crippen LogP contribution >= 0.6 is 0 Å². The minimum absolute atomic E-state index is 0.103. The van der Waals surface area contributed by atoms with Crippen LogP contribution in [-0.4, -0.2) is 42.5 Å². The normalized spacial score (nSPS) is 10.8. The van der Waals surface area contributed by atoms with Gasteiger partial charge in [-0.3, -0.25) is 4.79 Å². The second-order valence-electron chi connectivity index (χ2n) is 4.77. The van der Waals surface area contributed by atoms with Crippen LogP contribution in [0.25, 0.3) is 0 Å². The molecule has 0 aromatic rings. The number of carbonyl (C=O) groups is 2. The Kier molecular flexibility index (Phi) is 5.85. The van der Waals surface area contributed by atoms with E-state index in [4.69, 9.17) is 0 Å². The molecule has 0 aliphatic carbocycles. The molecule has 5 heteroatoms. The van der Waals surface area contributed by atoms with Gasteiger partial charge < -0.3 is 15.5 Å². The zero-order valence-electron chi connectivity index (χ0n) is 10.9. The molecule has 5 nitrogen and oxygen atoms in total. The first-order chi connectivity index (χ1) is 7.30. The lowest BCUT2D eigenvalue weighted by atomic mass is 10.1. The van der Waals surface area contributed by atoms with Crippen LogP contribution in [0.4, 0.5) is 4.79 Å². The number of hydrogen-bond donors (Lipinski definition) is 2. The highest BCUT2D eigenvalue weighted by atomic mass is 16.2. The van der Waals surface area contributed by atoms with Crippen molar-refractivity contribution >= 4 is 11.9 Å². The summed E-state index contributed by atoms with van der Waals surface area (Å²) in [7, 11) is 1.56. The van der Waals surface area contributed by atoms with Gasteiger partial charge in [0.1, 0.15) is 6.54 Å². The molecule has 0 aromatic carbocycles. The van der Waals surface area contributed by atoms with Crippen molar-refractivity contribution in [2.75, 3.05) is 20.1 Å². The van der Waals surface area contributed by atoms with E-state index in [0.29, 0.717) is 6.54 Å². The Morgan fingerprint density at radius 2 is 1.81 bits per heavy atom. The minimum Gasteiger partial charge on any atom is -0.358 e. The molecular formula is C11H23N3O2. The Hall–Kier alpha value is -1.26. The van der Waals surface area contributed by atoms with Crippen LogP contribution in [-0.2, 0) is 4.79 Å². The lowest BCUT2D eigenvalue weighted by Crippen LogP contribution is -2.51. The number of urea groups is 1. The van der Waals surface area contributed by atoms with E-state index in [1.54, 1.807) is 7.05 Å². The molecule has 0 fully saturated rings. The molecule has 94 valence electrons. The highest BCUT2D eigenvalue weighted by Gasteiger charge is 2.20. The first-order valence-corrected chi connectivity index (χ1v) is 5.57. The van der Waals surface area contributed by atoms with E-state index >= 15 is 0 Å². The zero-order chi connectivity index (χ0) is 12.8. The molecule has 0 bridgehead atoms. The molecule has 0 atom stereocenters. The summed E-state index contributed by atoms with van der Waals surface area (Å²) in [5, 5.41) is 5.35. The van der Waals surface area contributed by atoms with Crippen LogP contribution in [0.5, 0.6) is 0 Å². The summed E-state index contributed by atoms with van der Waals surface area (Å²) in [6.45, 7) is 8.39. The van der Waals surface area contributed by atoms with E-state index in [1.165, 1.54) is 4.90 Å². The summed E-state index contributed by atoms with van der Waals surface area (Å²) in [6, 6.07) is -0.196.